The molecule has 0 saturated carbocycles. The van der Waals surface area contributed by atoms with Gasteiger partial charge in [0.2, 0.25) is 0 Å². The van der Waals surface area contributed by atoms with Gasteiger partial charge >= 0.3 is 0 Å². The van der Waals surface area contributed by atoms with Crippen LogP contribution in [0, 0.1) is 5.92 Å². The Kier molecular flexibility index (Phi) is 24.0. The van der Waals surface area contributed by atoms with Crippen LogP contribution in [-0.4, -0.2) is 163 Å². The Morgan fingerprint density at radius 2 is 1.16 bits per heavy atom. The average Bonchev–Trinajstić information content (AvgIpc) is 3.12. The van der Waals surface area contributed by atoms with Gasteiger partial charge in [0.05, 0.1) is 32.5 Å². The first-order valence-electron chi connectivity index (χ1n) is 19.2. The Bertz CT molecular complexity index is 855. The minimum absolute atomic E-state index is 0.0156. The van der Waals surface area contributed by atoms with Gasteiger partial charge in [0, 0.05) is 32.3 Å². The maximum absolute atomic E-state index is 11.7. The normalized spacial score (nSPS) is 32.5. The average molecular weight is 743 g/mol. The van der Waals surface area contributed by atoms with E-state index in [2.05, 4.69) is 0 Å². The molecule has 5 unspecified atom stereocenters. The van der Waals surface area contributed by atoms with Crippen molar-refractivity contribution < 1.29 is 73.3 Å². The SMILES string of the molecule is CCCCOCC1O[C@@H](O[C@@H](C)C(COCCCC)O[C@@H](O)[C@@H](C)CO)[C@@H](O)C(O[C@H]2OC(COCCCC)[C@H](O)[C@H](O)C2OCCCC)[C@H]1O. The molecule has 2 fully saturated rings. The van der Waals surface area contributed by atoms with Crippen LogP contribution in [0.15, 0.2) is 0 Å². The molecular weight excluding hydrogens is 672 g/mol. The zero-order valence-corrected chi connectivity index (χ0v) is 31.8. The van der Waals surface area contributed by atoms with Gasteiger partial charge in [-0.05, 0) is 32.6 Å². The largest absolute Gasteiger partial charge is 0.396 e. The van der Waals surface area contributed by atoms with Gasteiger partial charge in [-0.25, -0.2) is 0 Å². The van der Waals surface area contributed by atoms with Crippen molar-refractivity contribution in [1.82, 2.24) is 0 Å². The zero-order chi connectivity index (χ0) is 37.8. The Morgan fingerprint density at radius 3 is 1.73 bits per heavy atom. The molecule has 2 aliphatic heterocycles. The van der Waals surface area contributed by atoms with Crippen LogP contribution < -0.4 is 0 Å². The van der Waals surface area contributed by atoms with Gasteiger partial charge < -0.3 is 73.3 Å². The molecule has 0 aliphatic carbocycles. The predicted octanol–water partition coefficient (Wildman–Crippen LogP) is 1.64. The summed E-state index contributed by atoms with van der Waals surface area (Å²) in [6.45, 7) is 12.7. The van der Waals surface area contributed by atoms with Crippen LogP contribution in [0.25, 0.3) is 0 Å². The zero-order valence-electron chi connectivity index (χ0n) is 31.8. The van der Waals surface area contributed by atoms with Crippen LogP contribution >= 0.6 is 0 Å². The van der Waals surface area contributed by atoms with Crippen LogP contribution in [0.3, 0.4) is 0 Å². The molecule has 0 spiro atoms. The fourth-order valence-electron chi connectivity index (χ4n) is 5.49. The lowest BCUT2D eigenvalue weighted by Gasteiger charge is -2.47. The summed E-state index contributed by atoms with van der Waals surface area (Å²) in [5.74, 6) is -0.581. The fraction of sp³-hybridized carbons (Fsp3) is 1.00. The summed E-state index contributed by atoms with van der Waals surface area (Å²) in [5, 5.41) is 65.4. The second kappa shape index (κ2) is 26.2. The molecular formula is C36H70O15. The first kappa shape index (κ1) is 46.6. The molecule has 0 amide bonds. The molecule has 0 aromatic rings. The van der Waals surface area contributed by atoms with E-state index in [1.807, 2.05) is 27.7 Å². The highest BCUT2D eigenvalue weighted by Crippen LogP contribution is 2.32. The summed E-state index contributed by atoms with van der Waals surface area (Å²) >= 11 is 0. The van der Waals surface area contributed by atoms with Gasteiger partial charge in [-0.2, -0.15) is 0 Å². The minimum atomic E-state index is -1.58. The van der Waals surface area contributed by atoms with Crippen molar-refractivity contribution in [2.45, 2.75) is 173 Å². The van der Waals surface area contributed by atoms with E-state index in [1.165, 1.54) is 0 Å². The molecule has 2 aliphatic rings. The highest BCUT2D eigenvalue weighted by molar-refractivity contribution is 4.95. The number of rotatable bonds is 28. The van der Waals surface area contributed by atoms with Crippen LogP contribution in [0.2, 0.25) is 0 Å². The molecule has 51 heavy (non-hydrogen) atoms. The van der Waals surface area contributed by atoms with E-state index in [0.717, 1.165) is 44.9 Å². The number of hydrogen-bond acceptors (Lipinski definition) is 15. The third-order valence-corrected chi connectivity index (χ3v) is 9.12. The first-order chi connectivity index (χ1) is 24.5. The van der Waals surface area contributed by atoms with Gasteiger partial charge in [0.1, 0.15) is 54.9 Å². The van der Waals surface area contributed by atoms with Gasteiger partial charge in [-0.3, -0.25) is 0 Å². The van der Waals surface area contributed by atoms with Crippen molar-refractivity contribution in [2.75, 3.05) is 52.9 Å². The predicted molar refractivity (Wildman–Crippen MR) is 186 cm³/mol. The molecule has 304 valence electrons. The smallest absolute Gasteiger partial charge is 0.187 e. The number of unbranched alkanes of at least 4 members (excludes halogenated alkanes) is 4. The third-order valence-electron chi connectivity index (χ3n) is 9.12. The highest BCUT2D eigenvalue weighted by Gasteiger charge is 2.52. The standard InChI is InChI=1S/C36H70O15/c1-7-11-15-43-20-25(48-34(42)23(5)19-37)24(6)47-35-31(41)32(29(39)27(49-35)22-45-17-13-9-3)51-36-33(46-18-14-10-4)30(40)28(38)26(50-36)21-44-16-12-8-2/h23-42H,7-22H2,1-6H3/t23-,24-,25?,26?,27?,28-,29-,30-,31-,32?,33?,34+,35+,36+/m0/s1. The lowest BCUT2D eigenvalue weighted by Crippen LogP contribution is -2.65. The molecule has 0 aromatic carbocycles. The molecule has 6 N–H and O–H groups in total. The van der Waals surface area contributed by atoms with Crippen molar-refractivity contribution in [3.63, 3.8) is 0 Å². The lowest BCUT2D eigenvalue weighted by atomic mass is 9.96. The van der Waals surface area contributed by atoms with Gasteiger partial charge in [-0.15, -0.1) is 0 Å². The van der Waals surface area contributed by atoms with Crippen molar-refractivity contribution in [1.29, 1.82) is 0 Å². The molecule has 0 bridgehead atoms. The Hall–Kier alpha value is -0.600. The number of ether oxygens (including phenoxy) is 9. The molecule has 2 saturated heterocycles. The monoisotopic (exact) mass is 742 g/mol. The van der Waals surface area contributed by atoms with E-state index in [1.54, 1.807) is 13.8 Å². The second-order valence-corrected chi connectivity index (χ2v) is 13.7. The Labute approximate surface area is 304 Å². The molecule has 2 heterocycles. The van der Waals surface area contributed by atoms with Crippen molar-refractivity contribution in [3.05, 3.63) is 0 Å². The quantitative estimate of drug-likeness (QED) is 0.0498. The summed E-state index contributed by atoms with van der Waals surface area (Å²) < 4.78 is 53.8. The van der Waals surface area contributed by atoms with E-state index < -0.39 is 85.8 Å². The maximum Gasteiger partial charge on any atom is 0.187 e. The van der Waals surface area contributed by atoms with Gasteiger partial charge in [0.15, 0.2) is 18.9 Å². The number of aliphatic hydroxyl groups is 6. The molecule has 14 atom stereocenters. The van der Waals surface area contributed by atoms with Crippen molar-refractivity contribution in [3.8, 4) is 0 Å². The van der Waals surface area contributed by atoms with E-state index in [4.69, 9.17) is 42.6 Å². The van der Waals surface area contributed by atoms with Crippen LogP contribution in [0.1, 0.15) is 92.9 Å². The van der Waals surface area contributed by atoms with Crippen LogP contribution in [-0.2, 0) is 42.6 Å². The van der Waals surface area contributed by atoms with Gasteiger partial charge in [-0.1, -0.05) is 60.3 Å². The number of aliphatic hydroxyl groups excluding tert-OH is 6. The summed E-state index contributed by atoms with van der Waals surface area (Å²) in [4.78, 5) is 0. The van der Waals surface area contributed by atoms with E-state index in [0.29, 0.717) is 26.2 Å². The topological polar surface area (TPSA) is 204 Å². The molecule has 15 nitrogen and oxygen atoms in total. The maximum atomic E-state index is 11.7. The Balaban J connectivity index is 2.34. The summed E-state index contributed by atoms with van der Waals surface area (Å²) in [5.41, 5.74) is 0. The van der Waals surface area contributed by atoms with E-state index >= 15 is 0 Å². The molecule has 2 rings (SSSR count). The molecule has 0 aromatic heterocycles. The molecule has 15 heteroatoms. The highest BCUT2D eigenvalue weighted by atomic mass is 16.8. The number of hydrogen-bond donors (Lipinski definition) is 6. The van der Waals surface area contributed by atoms with E-state index in [-0.39, 0.29) is 33.0 Å². The van der Waals surface area contributed by atoms with Crippen LogP contribution in [0.4, 0.5) is 0 Å². The second-order valence-electron chi connectivity index (χ2n) is 13.7. The van der Waals surface area contributed by atoms with Gasteiger partial charge in [0.25, 0.3) is 0 Å². The minimum Gasteiger partial charge on any atom is -0.396 e. The fourth-order valence-corrected chi connectivity index (χ4v) is 5.49. The third kappa shape index (κ3) is 15.6. The van der Waals surface area contributed by atoms with Crippen molar-refractivity contribution in [2.24, 2.45) is 5.92 Å². The first-order valence-corrected chi connectivity index (χ1v) is 19.2. The Morgan fingerprint density at radius 1 is 0.627 bits per heavy atom. The van der Waals surface area contributed by atoms with Crippen LogP contribution in [0.5, 0.6) is 0 Å². The lowest BCUT2D eigenvalue weighted by molar-refractivity contribution is -0.370. The summed E-state index contributed by atoms with van der Waals surface area (Å²) in [7, 11) is 0. The molecule has 0 radical (unpaired) electrons. The van der Waals surface area contributed by atoms with E-state index in [9.17, 15) is 30.6 Å². The summed E-state index contributed by atoms with van der Waals surface area (Å²) in [6, 6.07) is 0. The van der Waals surface area contributed by atoms with Crippen molar-refractivity contribution >= 4 is 0 Å². The summed E-state index contributed by atoms with van der Waals surface area (Å²) in [6.07, 6.45) is -9.20.